The van der Waals surface area contributed by atoms with Gasteiger partial charge in [0, 0.05) is 11.4 Å². The molecule has 0 saturated heterocycles. The third-order valence-corrected chi connectivity index (χ3v) is 3.36. The Balaban J connectivity index is 2.06. The third-order valence-electron chi connectivity index (χ3n) is 3.36. The van der Waals surface area contributed by atoms with Gasteiger partial charge in [0.15, 0.2) is 0 Å². The third kappa shape index (κ3) is 3.39. The second kappa shape index (κ2) is 6.09. The summed E-state index contributed by atoms with van der Waals surface area (Å²) < 4.78 is 5.84. The van der Waals surface area contributed by atoms with Crippen molar-refractivity contribution in [2.45, 2.75) is 32.9 Å². The summed E-state index contributed by atoms with van der Waals surface area (Å²) in [5, 5.41) is 3.99. The van der Waals surface area contributed by atoms with Crippen molar-refractivity contribution < 1.29 is 9.21 Å². The number of para-hydroxylation sites is 1. The number of rotatable bonds is 5. The van der Waals surface area contributed by atoms with Crippen molar-refractivity contribution in [2.24, 2.45) is 0 Å². The molecule has 1 atom stereocenters. The molecule has 0 fully saturated rings. The molecule has 0 aliphatic rings. The summed E-state index contributed by atoms with van der Waals surface area (Å²) in [6.07, 6.45) is 0. The number of furan rings is 1. The molecule has 1 aromatic carbocycles. The van der Waals surface area contributed by atoms with Crippen LogP contribution in [0.1, 0.15) is 32.6 Å². The van der Waals surface area contributed by atoms with Gasteiger partial charge in [-0.25, -0.2) is 0 Å². The predicted molar refractivity (Wildman–Crippen MR) is 80.5 cm³/mol. The van der Waals surface area contributed by atoms with Crippen LogP contribution in [0.5, 0.6) is 0 Å². The molecule has 108 valence electrons. The van der Waals surface area contributed by atoms with Gasteiger partial charge in [0.05, 0.1) is 12.6 Å². The maximum absolute atomic E-state index is 11.8. The first-order valence-corrected chi connectivity index (χ1v) is 6.95. The molecule has 1 amide bonds. The van der Waals surface area contributed by atoms with E-state index in [4.69, 9.17) is 4.42 Å². The van der Waals surface area contributed by atoms with Crippen molar-refractivity contribution in [3.63, 3.8) is 0 Å². The van der Waals surface area contributed by atoms with Gasteiger partial charge in [0.2, 0.25) is 5.91 Å². The molecule has 0 radical (unpaired) electrons. The van der Waals surface area contributed by atoms with Crippen LogP contribution in [0.4, 0.5) is 0 Å². The predicted octanol–water partition coefficient (Wildman–Crippen LogP) is 2.95. The molecule has 0 saturated carbocycles. The van der Waals surface area contributed by atoms with Crippen LogP contribution in [0.15, 0.2) is 34.7 Å². The molecule has 20 heavy (non-hydrogen) atoms. The van der Waals surface area contributed by atoms with E-state index in [0.29, 0.717) is 6.54 Å². The molecular weight excluding hydrogens is 252 g/mol. The quantitative estimate of drug-likeness (QED) is 0.911. The molecule has 0 spiro atoms. The molecule has 2 aromatic rings. The van der Waals surface area contributed by atoms with Gasteiger partial charge in [0.25, 0.3) is 0 Å². The average molecular weight is 274 g/mol. The van der Waals surface area contributed by atoms with E-state index in [1.807, 2.05) is 63.1 Å². The zero-order chi connectivity index (χ0) is 14.7. The molecule has 1 aromatic heterocycles. The van der Waals surface area contributed by atoms with E-state index in [-0.39, 0.29) is 18.0 Å². The second-order valence-corrected chi connectivity index (χ2v) is 5.50. The van der Waals surface area contributed by atoms with Crippen molar-refractivity contribution in [1.82, 2.24) is 10.2 Å². The van der Waals surface area contributed by atoms with E-state index in [1.54, 1.807) is 0 Å². The highest BCUT2D eigenvalue weighted by Crippen LogP contribution is 2.26. The van der Waals surface area contributed by atoms with Crippen LogP contribution in [0, 0.1) is 0 Å². The smallest absolute Gasteiger partial charge is 0.234 e. The fourth-order valence-electron chi connectivity index (χ4n) is 2.16. The van der Waals surface area contributed by atoms with Crippen molar-refractivity contribution in [2.75, 3.05) is 13.6 Å². The van der Waals surface area contributed by atoms with E-state index < -0.39 is 0 Å². The van der Waals surface area contributed by atoms with Crippen molar-refractivity contribution in [3.05, 3.63) is 36.1 Å². The largest absolute Gasteiger partial charge is 0.459 e. The Bertz CT molecular complexity index is 556. The van der Waals surface area contributed by atoms with Crippen LogP contribution in [-0.2, 0) is 4.79 Å². The Hall–Kier alpha value is -1.81. The van der Waals surface area contributed by atoms with Gasteiger partial charge < -0.3 is 9.73 Å². The fraction of sp³-hybridized carbons (Fsp3) is 0.438. The standard InChI is InChI=1S/C16H22N2O2/c1-11(2)17-16(19)10-18(4)12(3)15-9-13-7-5-6-8-14(13)20-15/h5-9,11-12H,10H2,1-4H3,(H,17,19)/t12-/m0/s1. The highest BCUT2D eigenvalue weighted by Gasteiger charge is 2.18. The first-order chi connectivity index (χ1) is 9.47. The van der Waals surface area contributed by atoms with Crippen LogP contribution < -0.4 is 5.32 Å². The number of fused-ring (bicyclic) bond motifs is 1. The zero-order valence-corrected chi connectivity index (χ0v) is 12.5. The highest BCUT2D eigenvalue weighted by atomic mass is 16.3. The number of likely N-dealkylation sites (N-methyl/N-ethyl adjacent to an activating group) is 1. The lowest BCUT2D eigenvalue weighted by molar-refractivity contribution is -0.122. The van der Waals surface area contributed by atoms with Crippen LogP contribution in [0.25, 0.3) is 11.0 Å². The zero-order valence-electron chi connectivity index (χ0n) is 12.5. The minimum atomic E-state index is 0.0328. The maximum atomic E-state index is 11.8. The monoisotopic (exact) mass is 274 g/mol. The van der Waals surface area contributed by atoms with Gasteiger partial charge in [-0.2, -0.15) is 0 Å². The van der Waals surface area contributed by atoms with Crippen molar-refractivity contribution >= 4 is 16.9 Å². The SMILES string of the molecule is CC(C)NC(=O)CN(C)[C@@H](C)c1cc2ccccc2o1. The van der Waals surface area contributed by atoms with Crippen molar-refractivity contribution in [1.29, 1.82) is 0 Å². The molecule has 0 unspecified atom stereocenters. The number of carbonyl (C=O) groups is 1. The summed E-state index contributed by atoms with van der Waals surface area (Å²) in [5.74, 6) is 0.913. The van der Waals surface area contributed by atoms with E-state index in [1.165, 1.54) is 0 Å². The van der Waals surface area contributed by atoms with E-state index >= 15 is 0 Å². The molecule has 4 nitrogen and oxygen atoms in total. The Labute approximate surface area is 119 Å². The first-order valence-electron chi connectivity index (χ1n) is 6.95. The Morgan fingerprint density at radius 3 is 2.65 bits per heavy atom. The van der Waals surface area contributed by atoms with Gasteiger partial charge in [-0.1, -0.05) is 18.2 Å². The highest BCUT2D eigenvalue weighted by molar-refractivity contribution is 5.79. The number of nitrogens with one attached hydrogen (secondary N) is 1. The van der Waals surface area contributed by atoms with E-state index in [2.05, 4.69) is 5.32 Å². The van der Waals surface area contributed by atoms with E-state index in [9.17, 15) is 4.79 Å². The second-order valence-electron chi connectivity index (χ2n) is 5.50. The summed E-state index contributed by atoms with van der Waals surface area (Å²) in [4.78, 5) is 13.8. The first kappa shape index (κ1) is 14.6. The fourth-order valence-corrected chi connectivity index (χ4v) is 2.16. The maximum Gasteiger partial charge on any atom is 0.234 e. The Morgan fingerprint density at radius 1 is 1.30 bits per heavy atom. The lowest BCUT2D eigenvalue weighted by atomic mass is 10.2. The number of hydrogen-bond acceptors (Lipinski definition) is 3. The summed E-state index contributed by atoms with van der Waals surface area (Å²) in [5.41, 5.74) is 0.884. The molecule has 0 aliphatic heterocycles. The summed E-state index contributed by atoms with van der Waals surface area (Å²) in [6.45, 7) is 6.32. The average Bonchev–Trinajstić information content (AvgIpc) is 2.80. The number of nitrogens with zero attached hydrogens (tertiary/aromatic N) is 1. The van der Waals surface area contributed by atoms with Gasteiger partial charge >= 0.3 is 0 Å². The molecule has 2 rings (SSSR count). The number of amides is 1. The number of benzene rings is 1. The minimum absolute atomic E-state index is 0.0328. The normalized spacial score (nSPS) is 13.1. The van der Waals surface area contributed by atoms with Gasteiger partial charge in [-0.3, -0.25) is 9.69 Å². The summed E-state index contributed by atoms with van der Waals surface area (Å²) in [6, 6.07) is 10.2. The summed E-state index contributed by atoms with van der Waals surface area (Å²) >= 11 is 0. The van der Waals surface area contributed by atoms with Crippen LogP contribution in [0.2, 0.25) is 0 Å². The molecule has 0 bridgehead atoms. The Morgan fingerprint density at radius 2 is 2.00 bits per heavy atom. The molecule has 1 heterocycles. The van der Waals surface area contributed by atoms with Gasteiger partial charge in [-0.15, -0.1) is 0 Å². The molecule has 4 heteroatoms. The van der Waals surface area contributed by atoms with Crippen LogP contribution >= 0.6 is 0 Å². The number of hydrogen-bond donors (Lipinski definition) is 1. The van der Waals surface area contributed by atoms with E-state index in [0.717, 1.165) is 16.7 Å². The van der Waals surface area contributed by atoms with Gasteiger partial charge in [0.1, 0.15) is 11.3 Å². The van der Waals surface area contributed by atoms with Gasteiger partial charge in [-0.05, 0) is 40.0 Å². The lowest BCUT2D eigenvalue weighted by Crippen LogP contribution is -2.39. The summed E-state index contributed by atoms with van der Waals surface area (Å²) in [7, 11) is 1.93. The number of carbonyl (C=O) groups excluding carboxylic acids is 1. The molecular formula is C16H22N2O2. The van der Waals surface area contributed by atoms with Crippen molar-refractivity contribution in [3.8, 4) is 0 Å². The Kier molecular flexibility index (Phi) is 4.45. The topological polar surface area (TPSA) is 45.5 Å². The molecule has 0 aliphatic carbocycles. The van der Waals surface area contributed by atoms with Crippen LogP contribution in [-0.4, -0.2) is 30.4 Å². The van der Waals surface area contributed by atoms with Crippen LogP contribution in [0.3, 0.4) is 0 Å². The minimum Gasteiger partial charge on any atom is -0.459 e. The molecule has 1 N–H and O–H groups in total. The lowest BCUT2D eigenvalue weighted by Gasteiger charge is -2.22.